The highest BCUT2D eigenvalue weighted by atomic mass is 16.5. The number of hydrogen-bond acceptors (Lipinski definition) is 2. The molecular weight excluding hydrogens is 186 g/mol. The zero-order valence-corrected chi connectivity index (χ0v) is 9.55. The zero-order chi connectivity index (χ0) is 10.7. The van der Waals surface area contributed by atoms with Gasteiger partial charge in [0, 0.05) is 12.2 Å². The molecule has 1 unspecified atom stereocenters. The first-order chi connectivity index (χ1) is 7.35. The Bertz CT molecular complexity index is 335. The van der Waals surface area contributed by atoms with E-state index in [2.05, 4.69) is 24.4 Å². The number of benzene rings is 1. The summed E-state index contributed by atoms with van der Waals surface area (Å²) in [6, 6.07) is 6.35. The largest absolute Gasteiger partial charge is 0.497 e. The predicted octanol–water partition coefficient (Wildman–Crippen LogP) is 3.39. The number of nitrogens with one attached hydrogen (secondary N) is 1. The molecule has 2 heteroatoms. The molecule has 0 spiro atoms. The number of methoxy groups -OCH3 is 1. The van der Waals surface area contributed by atoms with Crippen molar-refractivity contribution in [2.75, 3.05) is 19.0 Å². The monoisotopic (exact) mass is 205 g/mol. The highest BCUT2D eigenvalue weighted by Crippen LogP contribution is 2.36. The van der Waals surface area contributed by atoms with E-state index in [0.717, 1.165) is 12.3 Å². The lowest BCUT2D eigenvalue weighted by atomic mass is 9.87. The summed E-state index contributed by atoms with van der Waals surface area (Å²) in [4.78, 5) is 0. The fourth-order valence-corrected chi connectivity index (χ4v) is 2.35. The van der Waals surface area contributed by atoms with Gasteiger partial charge >= 0.3 is 0 Å². The molecule has 82 valence electrons. The Balaban J connectivity index is 2.30. The average Bonchev–Trinajstić information content (AvgIpc) is 2.29. The van der Waals surface area contributed by atoms with Crippen molar-refractivity contribution >= 4 is 5.69 Å². The first-order valence-corrected chi connectivity index (χ1v) is 5.77. The van der Waals surface area contributed by atoms with E-state index in [4.69, 9.17) is 4.74 Å². The van der Waals surface area contributed by atoms with Gasteiger partial charge in [0.1, 0.15) is 5.75 Å². The Labute approximate surface area is 91.6 Å². The molecule has 0 radical (unpaired) electrons. The summed E-state index contributed by atoms with van der Waals surface area (Å²) >= 11 is 0. The third kappa shape index (κ3) is 2.09. The van der Waals surface area contributed by atoms with Crippen LogP contribution >= 0.6 is 0 Å². The normalized spacial score (nSPS) is 19.2. The molecule has 1 atom stereocenters. The molecule has 0 aliphatic carbocycles. The highest BCUT2D eigenvalue weighted by Gasteiger charge is 2.19. The minimum absolute atomic E-state index is 0.710. The van der Waals surface area contributed by atoms with Crippen molar-refractivity contribution in [1.29, 1.82) is 0 Å². The van der Waals surface area contributed by atoms with Crippen molar-refractivity contribution in [1.82, 2.24) is 0 Å². The number of rotatable bonds is 3. The first kappa shape index (κ1) is 10.3. The minimum atomic E-state index is 0.710. The smallest absolute Gasteiger partial charge is 0.119 e. The fourth-order valence-electron chi connectivity index (χ4n) is 2.35. The lowest BCUT2D eigenvalue weighted by Gasteiger charge is -2.26. The van der Waals surface area contributed by atoms with E-state index in [0.29, 0.717) is 5.92 Å². The van der Waals surface area contributed by atoms with Crippen LogP contribution in [0.25, 0.3) is 0 Å². The van der Waals surface area contributed by atoms with Crippen LogP contribution in [0.3, 0.4) is 0 Å². The van der Waals surface area contributed by atoms with Crippen LogP contribution in [0.2, 0.25) is 0 Å². The van der Waals surface area contributed by atoms with E-state index in [1.54, 1.807) is 7.11 Å². The average molecular weight is 205 g/mol. The van der Waals surface area contributed by atoms with E-state index < -0.39 is 0 Å². The van der Waals surface area contributed by atoms with Gasteiger partial charge < -0.3 is 10.1 Å². The maximum Gasteiger partial charge on any atom is 0.119 e. The van der Waals surface area contributed by atoms with Gasteiger partial charge in [-0.15, -0.1) is 0 Å². The lowest BCUT2D eigenvalue weighted by Crippen LogP contribution is -2.16. The summed E-state index contributed by atoms with van der Waals surface area (Å²) in [5, 5.41) is 3.45. The van der Waals surface area contributed by atoms with E-state index in [9.17, 15) is 0 Å². The molecule has 0 saturated heterocycles. The molecule has 2 rings (SSSR count). The molecule has 2 nitrogen and oxygen atoms in total. The number of fused-ring (bicyclic) bond motifs is 1. The minimum Gasteiger partial charge on any atom is -0.497 e. The van der Waals surface area contributed by atoms with Crippen molar-refractivity contribution in [3.8, 4) is 5.75 Å². The second kappa shape index (κ2) is 4.56. The van der Waals surface area contributed by atoms with Gasteiger partial charge in [-0.2, -0.15) is 0 Å². The van der Waals surface area contributed by atoms with Gasteiger partial charge in [-0.05, 0) is 42.5 Å². The van der Waals surface area contributed by atoms with E-state index in [-0.39, 0.29) is 0 Å². The van der Waals surface area contributed by atoms with Crippen LogP contribution in [0, 0.1) is 0 Å². The van der Waals surface area contributed by atoms with Crippen LogP contribution in [0.15, 0.2) is 18.2 Å². The molecular formula is C13H19NO. The van der Waals surface area contributed by atoms with Gasteiger partial charge in [-0.25, -0.2) is 0 Å². The van der Waals surface area contributed by atoms with E-state index in [1.807, 2.05) is 6.07 Å². The summed E-state index contributed by atoms with van der Waals surface area (Å²) < 4.78 is 5.28. The zero-order valence-electron chi connectivity index (χ0n) is 9.55. The van der Waals surface area contributed by atoms with Crippen molar-refractivity contribution in [3.05, 3.63) is 23.8 Å². The standard InChI is InChI=1S/C13H19NO/c1-3-4-10-7-8-14-13-6-5-11(15-2)9-12(10)13/h5-6,9-10,14H,3-4,7-8H2,1-2H3. The Morgan fingerprint density at radius 2 is 2.33 bits per heavy atom. The predicted molar refractivity (Wildman–Crippen MR) is 63.7 cm³/mol. The fraction of sp³-hybridized carbons (Fsp3) is 0.538. The third-order valence-electron chi connectivity index (χ3n) is 3.14. The number of anilines is 1. The van der Waals surface area contributed by atoms with Crippen LogP contribution in [-0.2, 0) is 0 Å². The van der Waals surface area contributed by atoms with Crippen molar-refractivity contribution in [3.63, 3.8) is 0 Å². The van der Waals surface area contributed by atoms with E-state index in [1.165, 1.54) is 30.5 Å². The maximum atomic E-state index is 5.28. The third-order valence-corrected chi connectivity index (χ3v) is 3.14. The molecule has 0 aromatic heterocycles. The van der Waals surface area contributed by atoms with Gasteiger partial charge in [-0.1, -0.05) is 13.3 Å². The first-order valence-electron chi connectivity index (χ1n) is 5.77. The van der Waals surface area contributed by atoms with Gasteiger partial charge in [0.15, 0.2) is 0 Å². The van der Waals surface area contributed by atoms with Crippen molar-refractivity contribution in [2.24, 2.45) is 0 Å². The summed E-state index contributed by atoms with van der Waals surface area (Å²) in [6.45, 7) is 3.35. The molecule has 0 amide bonds. The SMILES string of the molecule is CCCC1CCNc2ccc(OC)cc21. The van der Waals surface area contributed by atoms with Crippen LogP contribution in [-0.4, -0.2) is 13.7 Å². The van der Waals surface area contributed by atoms with Crippen LogP contribution in [0.5, 0.6) is 5.75 Å². The van der Waals surface area contributed by atoms with Gasteiger partial charge in [0.2, 0.25) is 0 Å². The molecule has 1 aromatic carbocycles. The summed E-state index contributed by atoms with van der Waals surface area (Å²) in [5.74, 6) is 1.68. The Morgan fingerprint density at radius 1 is 1.47 bits per heavy atom. The second-order valence-corrected chi connectivity index (χ2v) is 4.15. The summed E-state index contributed by atoms with van der Waals surface area (Å²) in [6.07, 6.45) is 3.77. The molecule has 1 aromatic rings. The summed E-state index contributed by atoms with van der Waals surface area (Å²) in [7, 11) is 1.73. The Hall–Kier alpha value is -1.18. The maximum absolute atomic E-state index is 5.28. The van der Waals surface area contributed by atoms with Crippen molar-refractivity contribution < 1.29 is 4.74 Å². The number of ether oxygens (including phenoxy) is 1. The molecule has 1 N–H and O–H groups in total. The molecule has 0 bridgehead atoms. The molecule has 15 heavy (non-hydrogen) atoms. The molecule has 0 fully saturated rings. The molecule has 1 aliphatic heterocycles. The van der Waals surface area contributed by atoms with E-state index >= 15 is 0 Å². The second-order valence-electron chi connectivity index (χ2n) is 4.15. The lowest BCUT2D eigenvalue weighted by molar-refractivity contribution is 0.413. The molecule has 1 heterocycles. The highest BCUT2D eigenvalue weighted by molar-refractivity contribution is 5.57. The van der Waals surface area contributed by atoms with Crippen LogP contribution in [0.1, 0.15) is 37.7 Å². The van der Waals surface area contributed by atoms with Gasteiger partial charge in [-0.3, -0.25) is 0 Å². The number of hydrogen-bond donors (Lipinski definition) is 1. The Morgan fingerprint density at radius 3 is 3.07 bits per heavy atom. The van der Waals surface area contributed by atoms with Crippen LogP contribution < -0.4 is 10.1 Å². The quantitative estimate of drug-likeness (QED) is 0.816. The molecule has 0 saturated carbocycles. The summed E-state index contributed by atoms with van der Waals surface area (Å²) in [5.41, 5.74) is 2.72. The van der Waals surface area contributed by atoms with Crippen LogP contribution in [0.4, 0.5) is 5.69 Å². The topological polar surface area (TPSA) is 21.3 Å². The Kier molecular flexibility index (Phi) is 3.14. The molecule has 1 aliphatic rings. The van der Waals surface area contributed by atoms with Crippen molar-refractivity contribution in [2.45, 2.75) is 32.1 Å². The van der Waals surface area contributed by atoms with Gasteiger partial charge in [0.25, 0.3) is 0 Å². The van der Waals surface area contributed by atoms with Gasteiger partial charge in [0.05, 0.1) is 7.11 Å².